The summed E-state index contributed by atoms with van der Waals surface area (Å²) >= 11 is 0. The van der Waals surface area contributed by atoms with E-state index in [4.69, 9.17) is 14.2 Å². The van der Waals surface area contributed by atoms with Crippen molar-refractivity contribution >= 4 is 27.6 Å². The number of carbonyl (C=O) groups is 1. The molecule has 5 aliphatic heterocycles. The number of aliphatic hydroxyl groups excluding tert-OH is 2. The SMILES string of the molecule is CCCCCc1cccc(C[C@@H]2C[C@@H]3[C@@H](O)C[C@@H]4[C@H](CCC45CCCC5)CSSC[C@H]4CC=C5OC(=C6OC(=O)C(CO)=C6OC)[C@@H](C)[C@H]5[C@H](C2)N43)c1. The summed E-state index contributed by atoms with van der Waals surface area (Å²) in [5.41, 5.74) is 3.42. The molecule has 0 aromatic heterocycles. The molecule has 5 fully saturated rings. The number of unbranched alkanes of at least 4 members (excludes halogenated alkanes) is 2. The molecular weight excluding hydrogens is 703 g/mol. The number of benzene rings is 1. The van der Waals surface area contributed by atoms with E-state index >= 15 is 0 Å². The third-order valence-corrected chi connectivity index (χ3v) is 17.0. The Bertz CT molecular complexity index is 1600. The number of nitrogens with zero attached hydrogens (tertiary/aromatic N) is 1. The van der Waals surface area contributed by atoms with E-state index < -0.39 is 12.6 Å². The fourth-order valence-electron chi connectivity index (χ4n) is 12.0. The standard InChI is InChI=1S/C44H61NO6S2/c1-4-5-6-10-28-11-9-12-29(19-28)20-30-21-35-37(47)23-34-31(15-18-44(34)16-7-8-17-44)25-52-53-26-32-13-14-38-39(36(22-30)45(32)35)27(2)40(50-38)42-41(49-3)33(24-46)43(48)51-42/h9,11-12,14,19,27,30-32,34-37,39,46-47H,4-8,10,13,15-18,20-26H2,1-3H3/t27-,30+,31+,32+,34+,35+,36-,37-,39-/m0/s1. The number of fused-ring (bicyclic) bond motifs is 4. The Morgan fingerprint density at radius 3 is 2.60 bits per heavy atom. The van der Waals surface area contributed by atoms with E-state index in [1.807, 2.05) is 0 Å². The first-order valence-electron chi connectivity index (χ1n) is 20.8. The van der Waals surface area contributed by atoms with E-state index in [2.05, 4.69) is 70.7 Å². The number of aryl methyl sites for hydroxylation is 1. The van der Waals surface area contributed by atoms with Crippen molar-refractivity contribution in [2.75, 3.05) is 25.2 Å². The van der Waals surface area contributed by atoms with Crippen molar-refractivity contribution in [3.05, 3.63) is 70.1 Å². The van der Waals surface area contributed by atoms with Gasteiger partial charge in [0.1, 0.15) is 11.3 Å². The lowest BCUT2D eigenvalue weighted by Gasteiger charge is -2.52. The molecule has 0 bridgehead atoms. The van der Waals surface area contributed by atoms with Gasteiger partial charge in [-0.1, -0.05) is 85.4 Å². The van der Waals surface area contributed by atoms with Crippen LogP contribution in [0.4, 0.5) is 0 Å². The highest BCUT2D eigenvalue weighted by Crippen LogP contribution is 2.60. The highest BCUT2D eigenvalue weighted by atomic mass is 33.1. The van der Waals surface area contributed by atoms with Crippen LogP contribution in [0.1, 0.15) is 108 Å². The van der Waals surface area contributed by atoms with E-state index in [-0.39, 0.29) is 41.4 Å². The maximum absolute atomic E-state index is 12.8. The number of piperidine rings is 1. The minimum absolute atomic E-state index is 0.0542. The number of carbonyl (C=O) groups excluding carboxylic acids is 1. The molecule has 2 N–H and O–H groups in total. The normalized spacial score (nSPS) is 37.0. The van der Waals surface area contributed by atoms with Crippen molar-refractivity contribution in [1.29, 1.82) is 0 Å². The lowest BCUT2D eigenvalue weighted by molar-refractivity contribution is -0.133. The Balaban J connectivity index is 1.16. The van der Waals surface area contributed by atoms with E-state index in [0.29, 0.717) is 40.7 Å². The van der Waals surface area contributed by atoms with Gasteiger partial charge in [0.05, 0.1) is 19.8 Å². The van der Waals surface area contributed by atoms with Crippen LogP contribution in [0.15, 0.2) is 59.0 Å². The lowest BCUT2D eigenvalue weighted by atomic mass is 9.69. The van der Waals surface area contributed by atoms with Crippen molar-refractivity contribution in [2.45, 2.75) is 134 Å². The smallest absolute Gasteiger partial charge is 0.345 e. The quantitative estimate of drug-likeness (QED) is 0.153. The van der Waals surface area contributed by atoms with Gasteiger partial charge in [0.2, 0.25) is 5.76 Å². The molecule has 53 heavy (non-hydrogen) atoms. The van der Waals surface area contributed by atoms with Gasteiger partial charge in [-0.05, 0) is 111 Å². The van der Waals surface area contributed by atoms with Crippen LogP contribution in [0.5, 0.6) is 0 Å². The van der Waals surface area contributed by atoms with Gasteiger partial charge in [-0.25, -0.2) is 4.79 Å². The molecular formula is C44H61NO6S2. The van der Waals surface area contributed by atoms with E-state index in [1.165, 1.54) is 81.8 Å². The summed E-state index contributed by atoms with van der Waals surface area (Å²) < 4.78 is 18.2. The molecule has 290 valence electrons. The molecule has 9 atom stereocenters. The summed E-state index contributed by atoms with van der Waals surface area (Å²) in [5.74, 6) is 5.53. The molecule has 1 aromatic rings. The van der Waals surface area contributed by atoms with Gasteiger partial charge in [-0.3, -0.25) is 4.90 Å². The Kier molecular flexibility index (Phi) is 11.7. The highest BCUT2D eigenvalue weighted by Gasteiger charge is 2.55. The summed E-state index contributed by atoms with van der Waals surface area (Å²) in [6.07, 6.45) is 19.7. The van der Waals surface area contributed by atoms with Crippen LogP contribution in [-0.4, -0.2) is 70.5 Å². The minimum atomic E-state index is -0.575. The van der Waals surface area contributed by atoms with Gasteiger partial charge in [-0.2, -0.15) is 0 Å². The van der Waals surface area contributed by atoms with Gasteiger partial charge in [-0.15, -0.1) is 0 Å². The number of allylic oxidation sites excluding steroid dienone is 1. The van der Waals surface area contributed by atoms with Crippen molar-refractivity contribution in [1.82, 2.24) is 4.90 Å². The van der Waals surface area contributed by atoms with Gasteiger partial charge in [0, 0.05) is 41.5 Å². The number of cyclic esters (lactones) is 1. The Morgan fingerprint density at radius 2 is 1.81 bits per heavy atom. The number of hydrogen-bond acceptors (Lipinski definition) is 9. The fourth-order valence-corrected chi connectivity index (χ4v) is 14.8. The molecule has 7 aliphatic rings. The Hall–Kier alpha value is -1.91. The minimum Gasteiger partial charge on any atom is -0.492 e. The number of methoxy groups -OCH3 is 1. The van der Waals surface area contributed by atoms with Gasteiger partial charge in [0.25, 0.3) is 0 Å². The average Bonchev–Trinajstić information content (AvgIpc) is 3.90. The van der Waals surface area contributed by atoms with Crippen molar-refractivity contribution in [3.63, 3.8) is 0 Å². The van der Waals surface area contributed by atoms with Crippen LogP contribution >= 0.6 is 21.6 Å². The molecule has 1 aromatic carbocycles. The largest absolute Gasteiger partial charge is 0.492 e. The molecule has 3 saturated heterocycles. The molecule has 1 spiro atoms. The summed E-state index contributed by atoms with van der Waals surface area (Å²) in [6.45, 7) is 4.02. The van der Waals surface area contributed by atoms with Gasteiger partial charge in [0.15, 0.2) is 11.5 Å². The third kappa shape index (κ3) is 7.29. The van der Waals surface area contributed by atoms with Crippen molar-refractivity contribution in [2.24, 2.45) is 35.0 Å². The first kappa shape index (κ1) is 38.0. The zero-order valence-electron chi connectivity index (χ0n) is 32.1. The topological polar surface area (TPSA) is 88.5 Å². The zero-order chi connectivity index (χ0) is 36.7. The van der Waals surface area contributed by atoms with E-state index in [0.717, 1.165) is 50.0 Å². The molecule has 2 saturated carbocycles. The summed E-state index contributed by atoms with van der Waals surface area (Å²) in [6, 6.07) is 9.88. The molecule has 7 nitrogen and oxygen atoms in total. The Morgan fingerprint density at radius 1 is 1.02 bits per heavy atom. The van der Waals surface area contributed by atoms with E-state index in [9.17, 15) is 15.0 Å². The molecule has 0 radical (unpaired) electrons. The van der Waals surface area contributed by atoms with Crippen molar-refractivity contribution < 1.29 is 29.2 Å². The van der Waals surface area contributed by atoms with E-state index in [1.54, 1.807) is 0 Å². The highest BCUT2D eigenvalue weighted by molar-refractivity contribution is 8.76. The van der Waals surface area contributed by atoms with Crippen LogP contribution in [0.3, 0.4) is 0 Å². The molecule has 9 heteroatoms. The zero-order valence-corrected chi connectivity index (χ0v) is 33.7. The van der Waals surface area contributed by atoms with Crippen LogP contribution in [0.2, 0.25) is 0 Å². The van der Waals surface area contributed by atoms with Gasteiger partial charge >= 0.3 is 5.97 Å². The maximum atomic E-state index is 12.8. The predicted octanol–water partition coefficient (Wildman–Crippen LogP) is 8.74. The van der Waals surface area contributed by atoms with Gasteiger partial charge < -0.3 is 24.4 Å². The second kappa shape index (κ2) is 16.3. The first-order chi connectivity index (χ1) is 25.8. The second-order valence-electron chi connectivity index (χ2n) is 17.4. The maximum Gasteiger partial charge on any atom is 0.345 e. The predicted molar refractivity (Wildman–Crippen MR) is 213 cm³/mol. The molecule has 8 rings (SSSR count). The van der Waals surface area contributed by atoms with Crippen LogP contribution in [0.25, 0.3) is 0 Å². The number of hydrogen-bond donors (Lipinski definition) is 2. The van der Waals surface area contributed by atoms with Crippen molar-refractivity contribution in [3.8, 4) is 0 Å². The number of aliphatic hydroxyl groups is 2. The third-order valence-electron chi connectivity index (χ3n) is 14.5. The second-order valence-corrected chi connectivity index (χ2v) is 20.0. The summed E-state index contributed by atoms with van der Waals surface area (Å²) in [4.78, 5) is 15.6. The molecule has 0 amide bonds. The molecule has 2 aliphatic carbocycles. The lowest BCUT2D eigenvalue weighted by Crippen LogP contribution is -2.61. The number of ether oxygens (including phenoxy) is 3. The summed E-state index contributed by atoms with van der Waals surface area (Å²) in [5, 5.41) is 22.8. The first-order valence-corrected chi connectivity index (χ1v) is 23.3. The molecule has 0 unspecified atom stereocenters. The van der Waals surface area contributed by atoms with Crippen LogP contribution in [-0.2, 0) is 31.8 Å². The monoisotopic (exact) mass is 763 g/mol. The number of rotatable bonds is 8. The fraction of sp³-hybridized carbons (Fsp3) is 0.705. The Labute approximate surface area is 325 Å². The average molecular weight is 764 g/mol. The molecule has 5 heterocycles. The van der Waals surface area contributed by atoms with Crippen LogP contribution < -0.4 is 0 Å². The summed E-state index contributed by atoms with van der Waals surface area (Å²) in [7, 11) is 5.66. The number of esters is 1. The van der Waals surface area contributed by atoms with Crippen LogP contribution in [0, 0.1) is 35.0 Å².